The molecule has 0 heterocycles. The summed E-state index contributed by atoms with van der Waals surface area (Å²) in [4.78, 5) is 0. The summed E-state index contributed by atoms with van der Waals surface area (Å²) in [7, 11) is 0. The van der Waals surface area contributed by atoms with E-state index >= 15 is 0 Å². The highest BCUT2D eigenvalue weighted by molar-refractivity contribution is 5.41. The van der Waals surface area contributed by atoms with Crippen molar-refractivity contribution >= 4 is 0 Å². The smallest absolute Gasteiger partial charge is 0.00129 e. The highest BCUT2D eigenvalue weighted by Crippen LogP contribution is 2.48. The van der Waals surface area contributed by atoms with Crippen LogP contribution in [0.5, 0.6) is 0 Å². The van der Waals surface area contributed by atoms with Crippen molar-refractivity contribution in [3.63, 3.8) is 0 Å². The third kappa shape index (κ3) is 51.7. The molecular weight excluding hydrogens is 889 g/mol. The third-order valence-electron chi connectivity index (χ3n) is 16.2. The molecule has 0 spiro atoms. The fraction of sp³-hybridized carbons (Fsp3) is 0.892. The van der Waals surface area contributed by atoms with Crippen LogP contribution in [0.2, 0.25) is 0 Å². The molecule has 2 rings (SSSR count). The summed E-state index contributed by atoms with van der Waals surface area (Å²) in [6.07, 6.45) is 28.1. The predicted octanol–water partition coefficient (Wildman–Crippen LogP) is 26.2. The number of hydrogen-bond acceptors (Lipinski definition) is 0. The first kappa shape index (κ1) is 81.8. The van der Waals surface area contributed by atoms with E-state index in [0.717, 1.165) is 112 Å². The van der Waals surface area contributed by atoms with E-state index in [1.807, 2.05) is 0 Å². The van der Waals surface area contributed by atoms with Crippen molar-refractivity contribution in [1.82, 2.24) is 0 Å². The van der Waals surface area contributed by atoms with Crippen LogP contribution in [-0.4, -0.2) is 0 Å². The van der Waals surface area contributed by atoms with Gasteiger partial charge in [-0.25, -0.2) is 0 Å². The molecule has 0 saturated heterocycles. The molecule has 1 fully saturated rings. The lowest BCUT2D eigenvalue weighted by Crippen LogP contribution is -2.11. The Morgan fingerprint density at radius 3 is 1.16 bits per heavy atom. The van der Waals surface area contributed by atoms with Crippen LogP contribution in [0.4, 0.5) is 0 Å². The Morgan fingerprint density at radius 2 is 0.892 bits per heavy atom. The van der Waals surface area contributed by atoms with Crippen LogP contribution in [0.1, 0.15) is 305 Å². The Kier molecular flexibility index (Phi) is 54.2. The number of rotatable bonds is 29. The van der Waals surface area contributed by atoms with E-state index in [1.165, 1.54) is 89.9 Å². The van der Waals surface area contributed by atoms with E-state index in [4.69, 9.17) is 0 Å². The molecule has 0 heteroatoms. The van der Waals surface area contributed by atoms with Gasteiger partial charge in [-0.2, -0.15) is 0 Å². The molecule has 0 nitrogen and oxygen atoms in total. The van der Waals surface area contributed by atoms with Crippen LogP contribution in [0.3, 0.4) is 0 Å². The van der Waals surface area contributed by atoms with Gasteiger partial charge in [-0.05, 0) is 163 Å². The lowest BCUT2D eigenvalue weighted by atomic mass is 9.85. The molecule has 2 aliphatic carbocycles. The highest BCUT2D eigenvalue weighted by Gasteiger charge is 2.38. The molecule has 0 aromatic carbocycles. The molecule has 2 aliphatic rings. The van der Waals surface area contributed by atoms with E-state index in [-0.39, 0.29) is 0 Å². The van der Waals surface area contributed by atoms with Gasteiger partial charge in [-0.3, -0.25) is 0 Å². The zero-order chi connectivity index (χ0) is 59.0. The topological polar surface area (TPSA) is 0 Å². The molecular formula is C74H150. The van der Waals surface area contributed by atoms with Crippen LogP contribution >= 0.6 is 0 Å². The first-order chi connectivity index (χ1) is 34.1. The molecule has 0 aromatic heterocycles. The van der Waals surface area contributed by atoms with Gasteiger partial charge >= 0.3 is 0 Å². The average molecular weight is 1040 g/mol. The Labute approximate surface area is 475 Å². The molecule has 74 heavy (non-hydrogen) atoms. The SMILES string of the molecule is C=CC(C)C(CC)CC(C)C.C=CC(CCC(C)C)C(C)C.CC(C)/C=C/[C@@H](C)C(C)C.CC(C)CC1=C(C(C)C)[C@@H]1C.CC(C)CCCC(C)C.CCC(CC(C)C)C1CC1C.CC[C@@H](CCC(C)C)C(C)C. The van der Waals surface area contributed by atoms with Crippen molar-refractivity contribution < 1.29 is 0 Å². The third-order valence-corrected chi connectivity index (χ3v) is 16.2. The van der Waals surface area contributed by atoms with Gasteiger partial charge in [0.1, 0.15) is 0 Å². The fourth-order valence-corrected chi connectivity index (χ4v) is 10.2. The Hall–Kier alpha value is -1.04. The van der Waals surface area contributed by atoms with Gasteiger partial charge in [0.2, 0.25) is 0 Å². The van der Waals surface area contributed by atoms with Crippen LogP contribution in [0.25, 0.3) is 0 Å². The minimum Gasteiger partial charge on any atom is -0.103 e. The van der Waals surface area contributed by atoms with E-state index < -0.39 is 0 Å². The van der Waals surface area contributed by atoms with Gasteiger partial charge in [0.15, 0.2) is 0 Å². The second kappa shape index (κ2) is 49.0. The minimum absolute atomic E-state index is 0.683. The molecule has 9 atom stereocenters. The van der Waals surface area contributed by atoms with E-state index in [9.17, 15) is 0 Å². The molecule has 0 aromatic rings. The first-order valence-electron chi connectivity index (χ1n) is 32.8. The van der Waals surface area contributed by atoms with Crippen molar-refractivity contribution in [2.45, 2.75) is 305 Å². The molecule has 0 aliphatic heterocycles. The normalized spacial score (nSPS) is 18.5. The van der Waals surface area contributed by atoms with Crippen LogP contribution < -0.4 is 0 Å². The van der Waals surface area contributed by atoms with Gasteiger partial charge in [0, 0.05) is 0 Å². The van der Waals surface area contributed by atoms with Gasteiger partial charge in [-0.1, -0.05) is 301 Å². The van der Waals surface area contributed by atoms with Crippen LogP contribution in [0, 0.1) is 124 Å². The summed E-state index contributed by atoms with van der Waals surface area (Å²) in [6.45, 7) is 78.9. The maximum absolute atomic E-state index is 3.86. The minimum atomic E-state index is 0.683. The maximum Gasteiger partial charge on any atom is -0.00129 e. The number of allylic oxidation sites excluding steroid dienone is 6. The van der Waals surface area contributed by atoms with Gasteiger partial charge in [0.25, 0.3) is 0 Å². The van der Waals surface area contributed by atoms with E-state index in [1.54, 1.807) is 11.1 Å². The van der Waals surface area contributed by atoms with Crippen molar-refractivity contribution in [3.8, 4) is 0 Å². The molecule has 0 N–H and O–H groups in total. The summed E-state index contributed by atoms with van der Waals surface area (Å²) < 4.78 is 0. The van der Waals surface area contributed by atoms with E-state index in [2.05, 4.69) is 252 Å². The lowest BCUT2D eigenvalue weighted by Gasteiger charge is -2.21. The quantitative estimate of drug-likeness (QED) is 0.0655. The number of hydrogen-bond donors (Lipinski definition) is 0. The van der Waals surface area contributed by atoms with E-state index in [0.29, 0.717) is 11.8 Å². The molecule has 0 radical (unpaired) electrons. The predicted molar refractivity (Wildman–Crippen MR) is 350 cm³/mol. The van der Waals surface area contributed by atoms with Gasteiger partial charge in [-0.15, -0.1) is 13.2 Å². The fourth-order valence-electron chi connectivity index (χ4n) is 10.2. The summed E-state index contributed by atoms with van der Waals surface area (Å²) in [5.41, 5.74) is 3.48. The Morgan fingerprint density at radius 1 is 0.446 bits per heavy atom. The van der Waals surface area contributed by atoms with Crippen molar-refractivity contribution in [2.24, 2.45) is 124 Å². The molecule has 446 valence electrons. The zero-order valence-corrected chi connectivity index (χ0v) is 57.7. The highest BCUT2D eigenvalue weighted by atomic mass is 14.4. The Balaban J connectivity index is -0.000000250. The standard InChI is InChI=1S/C11H20.C11H22.C11H24.2C11H22.C10H20.C9H20/c1-7(2)6-10-9(5)11(10)8(3)4;1-5-10(6-8(2)3)11-7-9(11)4;2*1-6-11(10(4)5)8-7-9(2)3;1-6-10(5)11(7-2)8-9(3)4;1-8(2)6-7-10(5)9(3)4;1-8(2)6-5-7-9(3)4/h7-9H,6H2,1-5H3;8-11H,5-7H2,1-4H3;9-11H,6-8H2,1-5H3;2*6,9-11H,1,7-8H2,2-5H3;6-10H,1-5H3;8-9H,5-7H2,1-4H3/b;;;;;7-6+;/t9-;;11-;;;10-;/m1.0..1./s1. The monoisotopic (exact) mass is 1040 g/mol. The van der Waals surface area contributed by atoms with Crippen molar-refractivity contribution in [1.29, 1.82) is 0 Å². The van der Waals surface area contributed by atoms with Crippen LogP contribution in [-0.2, 0) is 0 Å². The molecule has 1 saturated carbocycles. The second-order valence-corrected chi connectivity index (χ2v) is 29.0. The summed E-state index contributed by atoms with van der Waals surface area (Å²) in [6, 6.07) is 0. The van der Waals surface area contributed by atoms with Crippen LogP contribution in [0.15, 0.2) is 48.6 Å². The summed E-state index contributed by atoms with van der Waals surface area (Å²) in [5.74, 6) is 17.9. The second-order valence-electron chi connectivity index (χ2n) is 29.0. The average Bonchev–Trinajstić information content (AvgIpc) is 4.18. The summed E-state index contributed by atoms with van der Waals surface area (Å²) >= 11 is 0. The van der Waals surface area contributed by atoms with Gasteiger partial charge < -0.3 is 0 Å². The van der Waals surface area contributed by atoms with Crippen molar-refractivity contribution in [3.05, 3.63) is 48.6 Å². The summed E-state index contributed by atoms with van der Waals surface area (Å²) in [5, 5.41) is 0. The lowest BCUT2D eigenvalue weighted by molar-refractivity contribution is 0.322. The molecule has 0 amide bonds. The maximum atomic E-state index is 3.86. The molecule has 0 bridgehead atoms. The zero-order valence-electron chi connectivity index (χ0n) is 57.7. The molecule has 6 unspecified atom stereocenters. The van der Waals surface area contributed by atoms with Gasteiger partial charge in [0.05, 0.1) is 0 Å². The first-order valence-corrected chi connectivity index (χ1v) is 32.8. The largest absolute Gasteiger partial charge is 0.103 e. The van der Waals surface area contributed by atoms with Crippen molar-refractivity contribution in [2.75, 3.05) is 0 Å². The Bertz CT molecular complexity index is 1260.